The Morgan fingerprint density at radius 3 is 1.29 bits per heavy atom. The molecule has 0 aliphatic rings. The van der Waals surface area contributed by atoms with Crippen LogP contribution in [0.4, 0.5) is 0 Å². The van der Waals surface area contributed by atoms with Crippen LogP contribution < -0.4 is 0 Å². The molecule has 0 aliphatic heterocycles. The van der Waals surface area contributed by atoms with Crippen LogP contribution in [0, 0.1) is 7.43 Å². The van der Waals surface area contributed by atoms with Gasteiger partial charge in [0.05, 0.1) is 0 Å². The van der Waals surface area contributed by atoms with E-state index in [4.69, 9.17) is 5.11 Å². The van der Waals surface area contributed by atoms with Crippen LogP contribution in [0.1, 0.15) is 13.8 Å². The molecule has 0 aliphatic carbocycles. The number of fused-ring (bicyclic) bond motifs is 2. The van der Waals surface area contributed by atoms with Gasteiger partial charge in [-0.2, -0.15) is 0 Å². The molecular formula is C24H25O3Ti-. The van der Waals surface area contributed by atoms with Crippen molar-refractivity contribution in [2.24, 2.45) is 0 Å². The van der Waals surface area contributed by atoms with Crippen molar-refractivity contribution in [1.29, 1.82) is 0 Å². The van der Waals surface area contributed by atoms with Crippen LogP contribution >= 0.6 is 0 Å². The predicted octanol–water partition coefficient (Wildman–Crippen LogP) is 5.91. The first-order valence-corrected chi connectivity index (χ1v) is 8.59. The molecule has 0 bridgehead atoms. The van der Waals surface area contributed by atoms with Gasteiger partial charge >= 0.3 is 0 Å². The minimum absolute atomic E-state index is 0. The fraction of sp³-hybridized carbons (Fsp3) is 0.125. The second-order valence-corrected chi connectivity index (χ2v) is 6.46. The van der Waals surface area contributed by atoms with Crippen LogP contribution in [-0.4, -0.2) is 21.4 Å². The van der Waals surface area contributed by atoms with E-state index in [0.29, 0.717) is 11.1 Å². The molecule has 0 saturated heterocycles. The zero-order valence-corrected chi connectivity index (χ0v) is 17.9. The number of aliphatic hydroxyl groups excluding tert-OH is 1. The van der Waals surface area contributed by atoms with Gasteiger partial charge in [-0.25, -0.2) is 0 Å². The van der Waals surface area contributed by atoms with Gasteiger partial charge in [-0.3, -0.25) is 0 Å². The van der Waals surface area contributed by atoms with Crippen LogP contribution in [-0.2, 0) is 21.7 Å². The van der Waals surface area contributed by atoms with E-state index in [2.05, 4.69) is 0 Å². The Morgan fingerprint density at radius 1 is 0.607 bits per heavy atom. The Bertz CT molecular complexity index is 972. The van der Waals surface area contributed by atoms with Crippen molar-refractivity contribution >= 4 is 21.5 Å². The average molecular weight is 409 g/mol. The average Bonchev–Trinajstić information content (AvgIpc) is 2.62. The summed E-state index contributed by atoms with van der Waals surface area (Å²) in [6, 6.07) is 22.9. The Hall–Kier alpha value is -2.33. The van der Waals surface area contributed by atoms with Crippen molar-refractivity contribution in [2.75, 3.05) is 0 Å². The van der Waals surface area contributed by atoms with E-state index in [0.717, 1.165) is 21.5 Å². The third-order valence-corrected chi connectivity index (χ3v) is 4.06. The van der Waals surface area contributed by atoms with E-state index in [9.17, 15) is 10.2 Å². The molecule has 3 nitrogen and oxygen atoms in total. The Kier molecular flexibility index (Phi) is 8.71. The van der Waals surface area contributed by atoms with Gasteiger partial charge in [0.25, 0.3) is 0 Å². The third-order valence-electron chi connectivity index (χ3n) is 4.06. The molecule has 0 spiro atoms. The van der Waals surface area contributed by atoms with E-state index in [1.807, 2.05) is 60.7 Å². The zero-order valence-electron chi connectivity index (χ0n) is 16.3. The molecule has 0 heterocycles. The number of rotatable bonds is 1. The van der Waals surface area contributed by atoms with Gasteiger partial charge in [0, 0.05) is 38.9 Å². The Labute approximate surface area is 181 Å². The van der Waals surface area contributed by atoms with Gasteiger partial charge in [0.2, 0.25) is 0 Å². The summed E-state index contributed by atoms with van der Waals surface area (Å²) in [5.41, 5.74) is 1.35. The van der Waals surface area contributed by atoms with Crippen LogP contribution in [0.15, 0.2) is 72.8 Å². The van der Waals surface area contributed by atoms with Crippen LogP contribution in [0.3, 0.4) is 0 Å². The first kappa shape index (κ1) is 23.7. The fourth-order valence-corrected chi connectivity index (χ4v) is 3.05. The molecule has 3 N–H and O–H groups in total. The van der Waals surface area contributed by atoms with Crippen molar-refractivity contribution in [2.45, 2.75) is 20.0 Å². The maximum absolute atomic E-state index is 10.4. The topological polar surface area (TPSA) is 60.7 Å². The van der Waals surface area contributed by atoms with Crippen LogP contribution in [0.2, 0.25) is 0 Å². The molecule has 4 aromatic carbocycles. The molecule has 0 fully saturated rings. The van der Waals surface area contributed by atoms with E-state index >= 15 is 0 Å². The standard InChI is InChI=1S/C20H14O2.C3H8O.CH3.Ti/c21-17-11-9-13-5-1-3-7-15(13)19(17)20-16-8-4-2-6-14(16)10-12-18(20)22;1-3(2)4;;/h1-12,21-22H;3-4H,1-2H3;1H3;/q;;-1;. The molecule has 0 radical (unpaired) electrons. The number of hydrogen-bond donors (Lipinski definition) is 3. The smallest absolute Gasteiger partial charge is 0.124 e. The fourth-order valence-electron chi connectivity index (χ4n) is 3.05. The van der Waals surface area contributed by atoms with Gasteiger partial charge in [-0.15, -0.1) is 0 Å². The Balaban J connectivity index is 0.000000601. The van der Waals surface area contributed by atoms with Crippen LogP contribution in [0.5, 0.6) is 11.5 Å². The third kappa shape index (κ3) is 4.93. The van der Waals surface area contributed by atoms with E-state index < -0.39 is 0 Å². The first-order valence-electron chi connectivity index (χ1n) is 8.59. The predicted molar refractivity (Wildman–Crippen MR) is 114 cm³/mol. The largest absolute Gasteiger partial charge is 0.507 e. The van der Waals surface area contributed by atoms with Gasteiger partial charge in [0.1, 0.15) is 11.5 Å². The van der Waals surface area contributed by atoms with Crippen molar-refractivity contribution in [3.05, 3.63) is 80.2 Å². The van der Waals surface area contributed by atoms with E-state index in [1.165, 1.54) is 0 Å². The minimum Gasteiger partial charge on any atom is -0.507 e. The summed E-state index contributed by atoms with van der Waals surface area (Å²) < 4.78 is 0. The molecule has 144 valence electrons. The van der Waals surface area contributed by atoms with Crippen LogP contribution in [0.25, 0.3) is 32.7 Å². The molecule has 4 aromatic rings. The van der Waals surface area contributed by atoms with Crippen molar-refractivity contribution < 1.29 is 37.0 Å². The van der Waals surface area contributed by atoms with Gasteiger partial charge in [-0.1, -0.05) is 60.7 Å². The zero-order chi connectivity index (χ0) is 18.7. The second kappa shape index (κ2) is 10.3. The number of phenols is 2. The maximum Gasteiger partial charge on any atom is 0.124 e. The number of benzene rings is 4. The normalized spacial score (nSPS) is 10.0. The van der Waals surface area contributed by atoms with E-state index in [-0.39, 0.29) is 46.7 Å². The summed E-state index contributed by atoms with van der Waals surface area (Å²) in [5.74, 6) is 0.343. The second-order valence-electron chi connectivity index (χ2n) is 6.46. The minimum atomic E-state index is -0.167. The molecule has 0 unspecified atom stereocenters. The molecular weight excluding hydrogens is 384 g/mol. The quantitative estimate of drug-likeness (QED) is 0.271. The summed E-state index contributed by atoms with van der Waals surface area (Å²) in [7, 11) is 0. The summed E-state index contributed by atoms with van der Waals surface area (Å²) >= 11 is 0. The maximum atomic E-state index is 10.4. The van der Waals surface area contributed by atoms with Crippen molar-refractivity contribution in [3.8, 4) is 22.6 Å². The number of hydrogen-bond acceptors (Lipinski definition) is 3. The summed E-state index contributed by atoms with van der Waals surface area (Å²) in [5, 5.41) is 32.8. The first-order chi connectivity index (χ1) is 12.5. The SMILES string of the molecule is CC(C)O.Oc1ccc2ccccc2c1-c1c(O)ccc2ccccc12.[CH3-].[Ti]. The molecule has 4 heteroatoms. The molecule has 0 aromatic heterocycles. The molecule has 0 amide bonds. The van der Waals surface area contributed by atoms with Crippen molar-refractivity contribution in [1.82, 2.24) is 0 Å². The van der Waals surface area contributed by atoms with E-state index in [1.54, 1.807) is 26.0 Å². The molecule has 0 atom stereocenters. The van der Waals surface area contributed by atoms with Crippen molar-refractivity contribution in [3.63, 3.8) is 0 Å². The molecule has 4 rings (SSSR count). The van der Waals surface area contributed by atoms with Gasteiger partial charge < -0.3 is 22.7 Å². The molecule has 0 saturated carbocycles. The summed E-state index contributed by atoms with van der Waals surface area (Å²) in [6.45, 7) is 3.44. The number of aliphatic hydroxyl groups is 1. The number of aromatic hydroxyl groups is 2. The summed E-state index contributed by atoms with van der Waals surface area (Å²) in [6.07, 6.45) is -0.167. The van der Waals surface area contributed by atoms with Gasteiger partial charge in [0.15, 0.2) is 0 Å². The number of phenolic OH excluding ortho intramolecular Hbond substituents is 2. The van der Waals surface area contributed by atoms with Gasteiger partial charge in [-0.05, 0) is 47.5 Å². The monoisotopic (exact) mass is 409 g/mol. The summed E-state index contributed by atoms with van der Waals surface area (Å²) in [4.78, 5) is 0. The Morgan fingerprint density at radius 2 is 0.929 bits per heavy atom. The molecule has 28 heavy (non-hydrogen) atoms.